The number of nitriles is 1. The van der Waals surface area contributed by atoms with Crippen molar-refractivity contribution in [3.05, 3.63) is 139 Å². The summed E-state index contributed by atoms with van der Waals surface area (Å²) in [5, 5.41) is 25.1. The molecule has 0 radical (unpaired) electrons. The summed E-state index contributed by atoms with van der Waals surface area (Å²) in [7, 11) is 0. The van der Waals surface area contributed by atoms with E-state index in [0.29, 0.717) is 22.3 Å². The Bertz CT molecular complexity index is 1740. The highest BCUT2D eigenvalue weighted by Crippen LogP contribution is 2.64. The molecule has 5 nitrogen and oxygen atoms in total. The van der Waals surface area contributed by atoms with Crippen molar-refractivity contribution in [3.63, 3.8) is 0 Å². The zero-order chi connectivity index (χ0) is 31.6. The molecule has 9 heteroatoms. The molecule has 224 valence electrons. The van der Waals surface area contributed by atoms with Crippen molar-refractivity contribution in [2.45, 2.75) is 30.8 Å². The Hall–Kier alpha value is -3.37. The number of hydrogen-bond donors (Lipinski definition) is 1. The number of carbonyl (C=O) groups is 2. The molecule has 1 aliphatic carbocycles. The van der Waals surface area contributed by atoms with Crippen molar-refractivity contribution >= 4 is 58.2 Å². The molecule has 5 atom stereocenters. The minimum Gasteiger partial charge on any atom is -0.465 e. The van der Waals surface area contributed by atoms with Gasteiger partial charge in [0, 0.05) is 17.4 Å². The fourth-order valence-electron chi connectivity index (χ4n) is 6.51. The Morgan fingerprint density at radius 3 is 1.93 bits per heavy atom. The van der Waals surface area contributed by atoms with Crippen LogP contribution < -0.4 is 0 Å². The minimum atomic E-state index is -2.03. The number of carbonyl (C=O) groups excluding carboxylic acids is 2. The summed E-state index contributed by atoms with van der Waals surface area (Å²) in [5.74, 6) is -4.90. The summed E-state index contributed by atoms with van der Waals surface area (Å²) in [6.07, 6.45) is -0.192. The number of ketones is 1. The van der Waals surface area contributed by atoms with E-state index < -0.39 is 40.5 Å². The molecule has 0 spiro atoms. The molecule has 1 N–H and O–H groups in total. The lowest BCUT2D eigenvalue weighted by atomic mass is 9.47. The van der Waals surface area contributed by atoms with Gasteiger partial charge in [-0.15, -0.1) is 0 Å². The van der Waals surface area contributed by atoms with Gasteiger partial charge in [-0.3, -0.25) is 9.59 Å². The summed E-state index contributed by atoms with van der Waals surface area (Å²) in [5.41, 5.74) is -2.32. The molecule has 1 fully saturated rings. The lowest BCUT2D eigenvalue weighted by Crippen LogP contribution is -2.59. The first kappa shape index (κ1) is 32.0. The van der Waals surface area contributed by atoms with E-state index in [1.54, 1.807) is 97.9 Å². The van der Waals surface area contributed by atoms with Crippen molar-refractivity contribution in [1.29, 1.82) is 5.26 Å². The molecule has 4 aromatic rings. The molecular weight excluding hydrogens is 640 g/mol. The van der Waals surface area contributed by atoms with Gasteiger partial charge < -0.3 is 9.84 Å². The highest BCUT2D eigenvalue weighted by molar-refractivity contribution is 6.42. The van der Waals surface area contributed by atoms with E-state index in [1.165, 1.54) is 6.07 Å². The van der Waals surface area contributed by atoms with Crippen LogP contribution in [-0.4, -0.2) is 23.5 Å². The number of esters is 1. The van der Waals surface area contributed by atoms with Gasteiger partial charge in [0.25, 0.3) is 0 Å². The van der Waals surface area contributed by atoms with Crippen LogP contribution in [0.1, 0.15) is 52.2 Å². The Morgan fingerprint density at radius 1 is 0.841 bits per heavy atom. The minimum absolute atomic E-state index is 0.0231. The van der Waals surface area contributed by atoms with E-state index in [-0.39, 0.29) is 33.1 Å². The molecular formula is C35H27Cl4NO4. The van der Waals surface area contributed by atoms with Crippen LogP contribution >= 0.6 is 46.4 Å². The molecule has 0 heterocycles. The number of halogens is 4. The van der Waals surface area contributed by atoms with Crippen molar-refractivity contribution in [2.24, 2.45) is 11.3 Å². The molecule has 0 aromatic heterocycles. The lowest BCUT2D eigenvalue weighted by molar-refractivity contribution is -0.164. The smallest absolute Gasteiger partial charge is 0.327 e. The Kier molecular flexibility index (Phi) is 9.41. The topological polar surface area (TPSA) is 87.4 Å². The average molecular weight is 667 g/mol. The van der Waals surface area contributed by atoms with Gasteiger partial charge in [0.1, 0.15) is 5.60 Å². The lowest BCUT2D eigenvalue weighted by Gasteiger charge is -2.54. The zero-order valence-corrected chi connectivity index (χ0v) is 26.5. The second-order valence-electron chi connectivity index (χ2n) is 10.8. The van der Waals surface area contributed by atoms with Crippen LogP contribution in [0.2, 0.25) is 20.1 Å². The molecule has 0 saturated heterocycles. The van der Waals surface area contributed by atoms with Crippen LogP contribution in [0.3, 0.4) is 0 Å². The molecule has 1 aliphatic rings. The molecule has 0 unspecified atom stereocenters. The molecule has 0 amide bonds. The first-order valence-corrected chi connectivity index (χ1v) is 15.4. The largest absolute Gasteiger partial charge is 0.465 e. The Morgan fingerprint density at radius 2 is 1.39 bits per heavy atom. The number of aliphatic hydroxyl groups is 1. The number of rotatable bonds is 7. The van der Waals surface area contributed by atoms with Gasteiger partial charge >= 0.3 is 5.97 Å². The quantitative estimate of drug-likeness (QED) is 0.157. The third-order valence-corrected chi connectivity index (χ3v) is 9.94. The maximum absolute atomic E-state index is 14.7. The Balaban J connectivity index is 1.92. The number of nitrogens with zero attached hydrogens (tertiary/aromatic N) is 1. The second-order valence-corrected chi connectivity index (χ2v) is 12.4. The van der Waals surface area contributed by atoms with Gasteiger partial charge in [-0.1, -0.05) is 119 Å². The van der Waals surface area contributed by atoms with Crippen molar-refractivity contribution < 1.29 is 19.4 Å². The Labute approximate surface area is 275 Å². The molecule has 0 bridgehead atoms. The third-order valence-electron chi connectivity index (χ3n) is 8.46. The third kappa shape index (κ3) is 5.51. The number of ether oxygens (including phenoxy) is 1. The fourth-order valence-corrected chi connectivity index (χ4v) is 7.13. The van der Waals surface area contributed by atoms with Gasteiger partial charge in [-0.25, -0.2) is 0 Å². The summed E-state index contributed by atoms with van der Waals surface area (Å²) in [6.45, 7) is 1.62. The van der Waals surface area contributed by atoms with Gasteiger partial charge in [0.15, 0.2) is 11.2 Å². The highest BCUT2D eigenvalue weighted by atomic mass is 35.5. The molecule has 0 aliphatic heterocycles. The summed E-state index contributed by atoms with van der Waals surface area (Å²) < 4.78 is 5.62. The number of hydrogen-bond acceptors (Lipinski definition) is 5. The molecule has 5 rings (SSSR count). The summed E-state index contributed by atoms with van der Waals surface area (Å²) >= 11 is 25.6. The molecule has 1 saturated carbocycles. The van der Waals surface area contributed by atoms with E-state index in [4.69, 9.17) is 51.1 Å². The van der Waals surface area contributed by atoms with Crippen molar-refractivity contribution in [2.75, 3.05) is 6.61 Å². The van der Waals surface area contributed by atoms with E-state index >= 15 is 0 Å². The predicted octanol–water partition coefficient (Wildman–Crippen LogP) is 9.03. The van der Waals surface area contributed by atoms with Crippen LogP contribution in [0.5, 0.6) is 0 Å². The van der Waals surface area contributed by atoms with Crippen molar-refractivity contribution in [3.8, 4) is 6.07 Å². The van der Waals surface area contributed by atoms with Crippen molar-refractivity contribution in [1.82, 2.24) is 0 Å². The highest BCUT2D eigenvalue weighted by Gasteiger charge is 2.67. The molecule has 4 aromatic carbocycles. The number of benzene rings is 4. The summed E-state index contributed by atoms with van der Waals surface area (Å²) in [4.78, 5) is 29.1. The fraction of sp³-hybridized carbons (Fsp3) is 0.229. The standard InChI is InChI=1S/C35H27Cl4NO4/c1-2-44-33(42)34(20-40)25(22-13-15-26(36)28(38)17-22)19-35(43,24-11-7-4-8-12-24)31(32(41)21-9-5-3-6-10-21)30(34)23-14-16-27(37)29(39)18-23/h3-18,25,30-31,43H,2,19H2,1H3/t25-,30+,31+,34-,35+/m1/s1. The van der Waals surface area contributed by atoms with Crippen LogP contribution in [0.15, 0.2) is 97.1 Å². The van der Waals surface area contributed by atoms with E-state index in [0.717, 1.165) is 0 Å². The SMILES string of the molecule is CCOC(=O)[C@]1(C#N)[C@@H](c2ccc(Cl)c(Cl)c2)C[C@](O)(c2ccccc2)[C@H](C(=O)c2ccccc2)[C@@H]1c1ccc(Cl)c(Cl)c1. The van der Waals surface area contributed by atoms with Gasteiger partial charge in [-0.05, 0) is 54.3 Å². The normalized spacial score (nSPS) is 24.7. The zero-order valence-electron chi connectivity index (χ0n) is 23.5. The average Bonchev–Trinajstić information content (AvgIpc) is 3.04. The van der Waals surface area contributed by atoms with Crippen LogP contribution in [0.25, 0.3) is 0 Å². The maximum Gasteiger partial charge on any atom is 0.327 e. The van der Waals surface area contributed by atoms with E-state index in [9.17, 15) is 20.0 Å². The maximum atomic E-state index is 14.7. The summed E-state index contributed by atoms with van der Waals surface area (Å²) in [6, 6.07) is 29.1. The molecule has 44 heavy (non-hydrogen) atoms. The monoisotopic (exact) mass is 665 g/mol. The first-order chi connectivity index (χ1) is 21.1. The van der Waals surface area contributed by atoms with Gasteiger partial charge in [0.2, 0.25) is 0 Å². The van der Waals surface area contributed by atoms with Crippen LogP contribution in [0, 0.1) is 22.7 Å². The van der Waals surface area contributed by atoms with Gasteiger partial charge in [-0.2, -0.15) is 5.26 Å². The second kappa shape index (κ2) is 12.9. The number of Topliss-reactive ketones (excluding diaryl/α,β-unsaturated/α-hetero) is 1. The van der Waals surface area contributed by atoms with Crippen LogP contribution in [0.4, 0.5) is 0 Å². The van der Waals surface area contributed by atoms with E-state index in [1.807, 2.05) is 0 Å². The first-order valence-electron chi connectivity index (χ1n) is 13.9. The van der Waals surface area contributed by atoms with Gasteiger partial charge in [0.05, 0.1) is 38.7 Å². The van der Waals surface area contributed by atoms with Crippen LogP contribution in [-0.2, 0) is 15.1 Å². The van der Waals surface area contributed by atoms with E-state index in [2.05, 4.69) is 6.07 Å². The predicted molar refractivity (Wildman–Crippen MR) is 172 cm³/mol.